The lowest BCUT2D eigenvalue weighted by molar-refractivity contribution is 0.0198. The van der Waals surface area contributed by atoms with E-state index in [4.69, 9.17) is 24.5 Å². The molecule has 2 aliphatic rings. The van der Waals surface area contributed by atoms with Crippen LogP contribution in [0, 0.1) is 6.92 Å². The van der Waals surface area contributed by atoms with Crippen LogP contribution in [0.5, 0.6) is 0 Å². The molecule has 0 saturated carbocycles. The molecule has 182 valence electrons. The van der Waals surface area contributed by atoms with Crippen LogP contribution in [0.3, 0.4) is 0 Å². The van der Waals surface area contributed by atoms with E-state index in [9.17, 15) is 0 Å². The van der Waals surface area contributed by atoms with Crippen molar-refractivity contribution in [1.82, 2.24) is 24.6 Å². The van der Waals surface area contributed by atoms with Crippen molar-refractivity contribution in [3.63, 3.8) is 0 Å². The highest BCUT2D eigenvalue weighted by atomic mass is 32.1. The Hall–Kier alpha value is -2.85. The minimum Gasteiger partial charge on any atom is -0.379 e. The summed E-state index contributed by atoms with van der Waals surface area (Å²) >= 11 is 1.69. The minimum atomic E-state index is 0.233. The van der Waals surface area contributed by atoms with Crippen LogP contribution in [-0.4, -0.2) is 77.3 Å². The molecule has 2 aliphatic heterocycles. The highest BCUT2D eigenvalue weighted by Crippen LogP contribution is 2.35. The maximum absolute atomic E-state index is 5.62. The van der Waals surface area contributed by atoms with Crippen LogP contribution in [0.1, 0.15) is 23.5 Å². The van der Waals surface area contributed by atoms with Crippen LogP contribution in [0.15, 0.2) is 42.6 Å². The number of pyridine rings is 1. The molecule has 1 unspecified atom stereocenters. The largest absolute Gasteiger partial charge is 0.379 e. The fraction of sp³-hybridized carbons (Fsp3) is 0.423. The molecule has 0 amide bonds. The van der Waals surface area contributed by atoms with Crippen molar-refractivity contribution >= 4 is 27.4 Å². The summed E-state index contributed by atoms with van der Waals surface area (Å²) in [7, 11) is 0. The van der Waals surface area contributed by atoms with Gasteiger partial charge in [-0.1, -0.05) is 35.1 Å². The van der Waals surface area contributed by atoms with E-state index in [1.54, 1.807) is 11.3 Å². The molecule has 0 spiro atoms. The first kappa shape index (κ1) is 22.6. The molecule has 1 aromatic carbocycles. The number of nitrogens with zero attached hydrogens (tertiary/aromatic N) is 6. The molecule has 0 aliphatic carbocycles. The fourth-order valence-electron chi connectivity index (χ4n) is 4.77. The van der Waals surface area contributed by atoms with Crippen molar-refractivity contribution in [3.8, 4) is 17.1 Å². The third kappa shape index (κ3) is 4.56. The Morgan fingerprint density at radius 3 is 2.49 bits per heavy atom. The molecule has 3 aromatic heterocycles. The SMILES string of the molecule is Cc1cccc(-c2ccn(-c3cc(N4CCOCC4)c4nc(C(C)N5CCOCC5)sc4n3)n2)c1. The maximum atomic E-state index is 5.62. The predicted octanol–water partition coefficient (Wildman–Crippen LogP) is 4.08. The molecule has 35 heavy (non-hydrogen) atoms. The second kappa shape index (κ2) is 9.66. The molecule has 6 rings (SSSR count). The van der Waals surface area contributed by atoms with Crippen molar-refractivity contribution in [2.75, 3.05) is 57.5 Å². The van der Waals surface area contributed by atoms with Gasteiger partial charge in [-0.05, 0) is 26.0 Å². The van der Waals surface area contributed by atoms with Gasteiger partial charge in [-0.25, -0.2) is 14.6 Å². The number of fused-ring (bicyclic) bond motifs is 1. The van der Waals surface area contributed by atoms with Gasteiger partial charge in [-0.15, -0.1) is 0 Å². The molecular weight excluding hydrogens is 460 g/mol. The van der Waals surface area contributed by atoms with Crippen molar-refractivity contribution in [2.45, 2.75) is 19.9 Å². The normalized spacial score (nSPS) is 18.3. The molecule has 0 N–H and O–H groups in total. The Morgan fingerprint density at radius 2 is 1.71 bits per heavy atom. The zero-order valence-corrected chi connectivity index (χ0v) is 21.0. The molecule has 4 aromatic rings. The van der Waals surface area contributed by atoms with Crippen molar-refractivity contribution < 1.29 is 9.47 Å². The number of rotatable bonds is 5. The summed E-state index contributed by atoms with van der Waals surface area (Å²) in [6.07, 6.45) is 1.99. The molecule has 0 bridgehead atoms. The summed E-state index contributed by atoms with van der Waals surface area (Å²) in [5.74, 6) is 0.812. The van der Waals surface area contributed by atoms with Crippen LogP contribution < -0.4 is 4.90 Å². The topological polar surface area (TPSA) is 68.5 Å². The first-order chi connectivity index (χ1) is 17.2. The van der Waals surface area contributed by atoms with E-state index in [0.29, 0.717) is 0 Å². The average molecular weight is 491 g/mol. The summed E-state index contributed by atoms with van der Waals surface area (Å²) in [5.41, 5.74) is 5.35. The van der Waals surface area contributed by atoms with Gasteiger partial charge in [0, 0.05) is 44.0 Å². The van der Waals surface area contributed by atoms with Gasteiger partial charge in [0.1, 0.15) is 15.4 Å². The van der Waals surface area contributed by atoms with E-state index >= 15 is 0 Å². The number of aromatic nitrogens is 4. The predicted molar refractivity (Wildman–Crippen MR) is 139 cm³/mol. The number of anilines is 1. The summed E-state index contributed by atoms with van der Waals surface area (Å²) in [6.45, 7) is 10.9. The zero-order chi connectivity index (χ0) is 23.8. The molecule has 9 heteroatoms. The third-order valence-corrected chi connectivity index (χ3v) is 7.91. The molecule has 2 saturated heterocycles. The Bertz CT molecular complexity index is 1320. The van der Waals surface area contributed by atoms with E-state index in [0.717, 1.165) is 90.7 Å². The van der Waals surface area contributed by atoms with E-state index in [1.807, 2.05) is 16.9 Å². The summed E-state index contributed by atoms with van der Waals surface area (Å²) < 4.78 is 13.1. The van der Waals surface area contributed by atoms with Gasteiger partial charge in [-0.3, -0.25) is 4.90 Å². The van der Waals surface area contributed by atoms with Crippen molar-refractivity contribution in [3.05, 3.63) is 53.2 Å². The van der Waals surface area contributed by atoms with Crippen LogP contribution in [0.25, 0.3) is 27.4 Å². The van der Waals surface area contributed by atoms with Gasteiger partial charge in [-0.2, -0.15) is 5.10 Å². The zero-order valence-electron chi connectivity index (χ0n) is 20.2. The summed E-state index contributed by atoms with van der Waals surface area (Å²) in [6, 6.07) is 12.8. The van der Waals surface area contributed by atoms with Gasteiger partial charge in [0.15, 0.2) is 5.82 Å². The second-order valence-corrected chi connectivity index (χ2v) is 10.2. The lowest BCUT2D eigenvalue weighted by atomic mass is 10.1. The number of morpholine rings is 2. The highest BCUT2D eigenvalue weighted by molar-refractivity contribution is 7.18. The number of hydrogen-bond donors (Lipinski definition) is 0. The standard InChI is InChI=1S/C26H30N6O2S/c1-18-4-3-5-20(16-18)21-6-7-32(29-21)23-17-22(31-10-14-34-15-11-31)24-26(27-23)35-25(28-24)19(2)30-8-12-33-13-9-30/h3-7,16-17,19H,8-15H2,1-2H3. The second-order valence-electron chi connectivity index (χ2n) is 9.14. The monoisotopic (exact) mass is 490 g/mol. The van der Waals surface area contributed by atoms with Gasteiger partial charge < -0.3 is 14.4 Å². The molecular formula is C26H30N6O2S. The van der Waals surface area contributed by atoms with E-state index in [-0.39, 0.29) is 6.04 Å². The fourth-order valence-corrected chi connectivity index (χ4v) is 5.81. The number of benzene rings is 1. The Morgan fingerprint density at radius 1 is 0.943 bits per heavy atom. The van der Waals surface area contributed by atoms with Gasteiger partial charge >= 0.3 is 0 Å². The molecule has 5 heterocycles. The van der Waals surface area contributed by atoms with Crippen LogP contribution >= 0.6 is 11.3 Å². The quantitative estimate of drug-likeness (QED) is 0.418. The van der Waals surface area contributed by atoms with Gasteiger partial charge in [0.05, 0.1) is 43.9 Å². The third-order valence-electron chi connectivity index (χ3n) is 6.79. The smallest absolute Gasteiger partial charge is 0.157 e. The van der Waals surface area contributed by atoms with Gasteiger partial charge in [0.2, 0.25) is 0 Å². The number of hydrogen-bond acceptors (Lipinski definition) is 8. The van der Waals surface area contributed by atoms with Crippen molar-refractivity contribution in [1.29, 1.82) is 0 Å². The number of ether oxygens (including phenoxy) is 2. The highest BCUT2D eigenvalue weighted by Gasteiger charge is 2.25. The number of thiazole rings is 1. The maximum Gasteiger partial charge on any atom is 0.157 e. The lowest BCUT2D eigenvalue weighted by Gasteiger charge is -2.31. The molecule has 1 atom stereocenters. The van der Waals surface area contributed by atoms with E-state index in [1.165, 1.54) is 5.56 Å². The number of aryl methyl sites for hydroxylation is 1. The van der Waals surface area contributed by atoms with Crippen LogP contribution in [0.2, 0.25) is 0 Å². The minimum absolute atomic E-state index is 0.233. The van der Waals surface area contributed by atoms with Crippen LogP contribution in [-0.2, 0) is 9.47 Å². The molecule has 0 radical (unpaired) electrons. The lowest BCUT2D eigenvalue weighted by Crippen LogP contribution is -2.38. The van der Waals surface area contributed by atoms with Crippen LogP contribution in [0.4, 0.5) is 5.69 Å². The summed E-state index contributed by atoms with van der Waals surface area (Å²) in [4.78, 5) is 15.9. The average Bonchev–Trinajstić information content (AvgIpc) is 3.57. The van der Waals surface area contributed by atoms with Crippen molar-refractivity contribution in [2.24, 2.45) is 0 Å². The first-order valence-corrected chi connectivity index (χ1v) is 13.1. The first-order valence-electron chi connectivity index (χ1n) is 12.2. The summed E-state index contributed by atoms with van der Waals surface area (Å²) in [5, 5.41) is 5.97. The Labute approximate surface area is 209 Å². The van der Waals surface area contributed by atoms with Gasteiger partial charge in [0.25, 0.3) is 0 Å². The Balaban J connectivity index is 1.40. The van der Waals surface area contributed by atoms with E-state index in [2.05, 4.69) is 54.0 Å². The molecule has 8 nitrogen and oxygen atoms in total. The van der Waals surface area contributed by atoms with E-state index < -0.39 is 0 Å². The Kier molecular flexibility index (Phi) is 6.24. The molecule has 2 fully saturated rings.